The number of fused-ring (bicyclic) bond motifs is 1. The molecule has 8 nitrogen and oxygen atoms in total. The maximum atomic E-state index is 12.7. The Labute approximate surface area is 185 Å². The van der Waals surface area contributed by atoms with E-state index in [2.05, 4.69) is 27.5 Å². The summed E-state index contributed by atoms with van der Waals surface area (Å²) in [5, 5.41) is 7.22. The van der Waals surface area contributed by atoms with E-state index in [9.17, 15) is 9.59 Å². The molecule has 32 heavy (non-hydrogen) atoms. The molecule has 0 saturated heterocycles. The third kappa shape index (κ3) is 5.03. The van der Waals surface area contributed by atoms with E-state index in [1.165, 1.54) is 22.4 Å². The van der Waals surface area contributed by atoms with Gasteiger partial charge in [-0.1, -0.05) is 48.0 Å². The van der Waals surface area contributed by atoms with Crippen molar-refractivity contribution in [1.29, 1.82) is 0 Å². The van der Waals surface area contributed by atoms with Crippen LogP contribution >= 0.6 is 0 Å². The molecular weight excluding hydrogens is 406 g/mol. The lowest BCUT2D eigenvalue weighted by Crippen LogP contribution is -2.37. The molecule has 2 aromatic carbocycles. The van der Waals surface area contributed by atoms with Gasteiger partial charge in [0.1, 0.15) is 12.3 Å². The predicted octanol–water partition coefficient (Wildman–Crippen LogP) is 3.13. The zero-order valence-electron chi connectivity index (χ0n) is 18.1. The van der Waals surface area contributed by atoms with Crippen LogP contribution in [0.3, 0.4) is 0 Å². The van der Waals surface area contributed by atoms with E-state index in [1.807, 2.05) is 56.3 Å². The third-order valence-electron chi connectivity index (χ3n) is 5.11. The summed E-state index contributed by atoms with van der Waals surface area (Å²) < 4.78 is 8.26. The standard InChI is InChI=1S/C24H25N5O3/c1-17-8-12-20(13-9-17)32-23-22-27-29(24(31)28(22)15-14-25-23)16-21(30)26-18(2)10-11-19-6-4-3-5-7-19/h3-9,12-15,18H,10-11,16H2,1-2H3,(H,26,30). The molecule has 1 amide bonds. The second-order valence-electron chi connectivity index (χ2n) is 7.77. The molecule has 0 aliphatic rings. The van der Waals surface area contributed by atoms with Gasteiger partial charge in [-0.05, 0) is 44.4 Å². The van der Waals surface area contributed by atoms with Crippen LogP contribution in [0.5, 0.6) is 11.6 Å². The first-order chi connectivity index (χ1) is 15.5. The van der Waals surface area contributed by atoms with Crippen molar-refractivity contribution in [3.05, 3.63) is 88.6 Å². The number of benzene rings is 2. The summed E-state index contributed by atoms with van der Waals surface area (Å²) in [5.41, 5.74) is 2.15. The minimum Gasteiger partial charge on any atom is -0.436 e. The Morgan fingerprint density at radius 3 is 2.62 bits per heavy atom. The molecule has 0 saturated carbocycles. The van der Waals surface area contributed by atoms with Crippen LogP contribution in [-0.4, -0.2) is 31.1 Å². The number of amides is 1. The molecule has 164 valence electrons. The van der Waals surface area contributed by atoms with Gasteiger partial charge in [0.15, 0.2) is 0 Å². The van der Waals surface area contributed by atoms with Gasteiger partial charge in [0.2, 0.25) is 11.6 Å². The molecule has 0 radical (unpaired) electrons. The number of hydrogen-bond acceptors (Lipinski definition) is 5. The molecule has 1 N–H and O–H groups in total. The second kappa shape index (κ2) is 9.47. The number of nitrogens with zero attached hydrogens (tertiary/aromatic N) is 4. The minimum atomic E-state index is -0.428. The molecule has 1 atom stereocenters. The zero-order valence-corrected chi connectivity index (χ0v) is 18.1. The zero-order chi connectivity index (χ0) is 22.5. The molecular formula is C24H25N5O3. The number of ether oxygens (including phenoxy) is 1. The van der Waals surface area contributed by atoms with Crippen LogP contribution in [0.1, 0.15) is 24.5 Å². The Balaban J connectivity index is 1.43. The number of carbonyl (C=O) groups excluding carboxylic acids is 1. The van der Waals surface area contributed by atoms with E-state index in [-0.39, 0.29) is 30.0 Å². The fourth-order valence-electron chi connectivity index (χ4n) is 3.38. The average molecular weight is 431 g/mol. The number of carbonyl (C=O) groups is 1. The SMILES string of the molecule is Cc1ccc(Oc2nccn3c(=O)n(CC(=O)NC(C)CCc4ccccc4)nc23)cc1. The smallest absolute Gasteiger partial charge is 0.351 e. The number of hydrogen-bond donors (Lipinski definition) is 1. The van der Waals surface area contributed by atoms with Gasteiger partial charge in [-0.25, -0.2) is 18.9 Å². The number of nitrogens with one attached hydrogen (secondary N) is 1. The van der Waals surface area contributed by atoms with Crippen molar-refractivity contribution in [2.24, 2.45) is 0 Å². The van der Waals surface area contributed by atoms with Crippen LogP contribution in [0.25, 0.3) is 5.65 Å². The molecule has 0 aliphatic carbocycles. The average Bonchev–Trinajstić information content (AvgIpc) is 3.11. The molecule has 8 heteroatoms. The second-order valence-corrected chi connectivity index (χ2v) is 7.77. The lowest BCUT2D eigenvalue weighted by atomic mass is 10.1. The Hall–Kier alpha value is -3.94. The van der Waals surface area contributed by atoms with Crippen LogP contribution in [0, 0.1) is 6.92 Å². The van der Waals surface area contributed by atoms with Crippen molar-refractivity contribution in [3.8, 4) is 11.6 Å². The molecule has 0 aliphatic heterocycles. The van der Waals surface area contributed by atoms with Crippen LogP contribution in [0.15, 0.2) is 71.8 Å². The normalized spacial score (nSPS) is 11.9. The van der Waals surface area contributed by atoms with Gasteiger partial charge in [-0.15, -0.1) is 5.10 Å². The monoisotopic (exact) mass is 431 g/mol. The van der Waals surface area contributed by atoms with Gasteiger partial charge in [0.25, 0.3) is 5.88 Å². The van der Waals surface area contributed by atoms with Gasteiger partial charge in [-0.3, -0.25) is 4.79 Å². The number of aromatic nitrogens is 4. The van der Waals surface area contributed by atoms with Crippen LogP contribution in [0.2, 0.25) is 0 Å². The Bertz CT molecular complexity index is 1260. The van der Waals surface area contributed by atoms with Gasteiger partial charge in [0, 0.05) is 18.4 Å². The van der Waals surface area contributed by atoms with Gasteiger partial charge in [0.05, 0.1) is 0 Å². The van der Waals surface area contributed by atoms with Crippen molar-refractivity contribution < 1.29 is 9.53 Å². The fourth-order valence-corrected chi connectivity index (χ4v) is 3.38. The summed E-state index contributed by atoms with van der Waals surface area (Å²) in [6.45, 7) is 3.75. The minimum absolute atomic E-state index is 0.0301. The van der Waals surface area contributed by atoms with E-state index in [4.69, 9.17) is 4.74 Å². The first kappa shape index (κ1) is 21.3. The van der Waals surface area contributed by atoms with Gasteiger partial charge >= 0.3 is 5.69 Å². The predicted molar refractivity (Wildman–Crippen MR) is 121 cm³/mol. The van der Waals surface area contributed by atoms with Crippen LogP contribution in [-0.2, 0) is 17.8 Å². The van der Waals surface area contributed by atoms with Gasteiger partial charge in [-0.2, -0.15) is 0 Å². The molecule has 0 spiro atoms. The largest absolute Gasteiger partial charge is 0.436 e. The maximum absolute atomic E-state index is 12.7. The molecule has 2 heterocycles. The molecule has 4 aromatic rings. The molecule has 0 fully saturated rings. The Morgan fingerprint density at radius 2 is 1.88 bits per heavy atom. The summed E-state index contributed by atoms with van der Waals surface area (Å²) in [6.07, 6.45) is 4.63. The molecule has 2 aromatic heterocycles. The molecule has 1 unspecified atom stereocenters. The molecule has 4 rings (SSSR count). The van der Waals surface area contributed by atoms with Crippen molar-refractivity contribution >= 4 is 11.6 Å². The van der Waals surface area contributed by atoms with Crippen LogP contribution in [0.4, 0.5) is 0 Å². The molecule has 0 bridgehead atoms. The number of rotatable bonds is 8. The van der Waals surface area contributed by atoms with E-state index in [0.717, 1.165) is 23.1 Å². The lowest BCUT2D eigenvalue weighted by molar-refractivity contribution is -0.122. The maximum Gasteiger partial charge on any atom is 0.351 e. The summed E-state index contributed by atoms with van der Waals surface area (Å²) in [7, 11) is 0. The highest BCUT2D eigenvalue weighted by atomic mass is 16.5. The summed E-state index contributed by atoms with van der Waals surface area (Å²) in [5.74, 6) is 0.511. The van der Waals surface area contributed by atoms with E-state index in [0.29, 0.717) is 5.75 Å². The lowest BCUT2D eigenvalue weighted by Gasteiger charge is -2.13. The van der Waals surface area contributed by atoms with Crippen molar-refractivity contribution in [3.63, 3.8) is 0 Å². The quantitative estimate of drug-likeness (QED) is 0.463. The van der Waals surface area contributed by atoms with Crippen LogP contribution < -0.4 is 15.7 Å². The Kier molecular flexibility index (Phi) is 6.30. The summed E-state index contributed by atoms with van der Waals surface area (Å²) >= 11 is 0. The first-order valence-corrected chi connectivity index (χ1v) is 10.5. The topological polar surface area (TPSA) is 90.5 Å². The highest BCUT2D eigenvalue weighted by molar-refractivity contribution is 5.76. The van der Waals surface area contributed by atoms with Gasteiger partial charge < -0.3 is 10.1 Å². The highest BCUT2D eigenvalue weighted by Gasteiger charge is 2.16. The third-order valence-corrected chi connectivity index (χ3v) is 5.11. The van der Waals surface area contributed by atoms with E-state index < -0.39 is 5.69 Å². The first-order valence-electron chi connectivity index (χ1n) is 10.5. The fraction of sp³-hybridized carbons (Fsp3) is 0.250. The van der Waals surface area contributed by atoms with E-state index in [1.54, 1.807) is 0 Å². The van der Waals surface area contributed by atoms with Crippen molar-refractivity contribution in [2.75, 3.05) is 0 Å². The number of aryl methyl sites for hydroxylation is 2. The Morgan fingerprint density at radius 1 is 1.12 bits per heavy atom. The highest BCUT2D eigenvalue weighted by Crippen LogP contribution is 2.22. The summed E-state index contributed by atoms with van der Waals surface area (Å²) in [4.78, 5) is 29.4. The van der Waals surface area contributed by atoms with Crippen molar-refractivity contribution in [2.45, 2.75) is 39.3 Å². The van der Waals surface area contributed by atoms with Crippen molar-refractivity contribution in [1.82, 2.24) is 24.5 Å². The van der Waals surface area contributed by atoms with E-state index >= 15 is 0 Å². The summed E-state index contributed by atoms with van der Waals surface area (Å²) in [6, 6.07) is 17.6.